The third-order valence-corrected chi connectivity index (χ3v) is 3.76. The lowest BCUT2D eigenvalue weighted by Crippen LogP contribution is -2.47. The number of nitrogens with zero attached hydrogens (tertiary/aromatic N) is 4. The molecule has 118 valence electrons. The number of ether oxygens (including phenoxy) is 1. The molecule has 0 bridgehead atoms. The second-order valence-corrected chi connectivity index (χ2v) is 5.68. The van der Waals surface area contributed by atoms with Crippen molar-refractivity contribution in [2.24, 2.45) is 0 Å². The summed E-state index contributed by atoms with van der Waals surface area (Å²) in [4.78, 5) is 10.9. The number of pyridine rings is 1. The highest BCUT2D eigenvalue weighted by molar-refractivity contribution is 5.58. The van der Waals surface area contributed by atoms with E-state index in [4.69, 9.17) is 9.26 Å². The second kappa shape index (κ2) is 6.41. The summed E-state index contributed by atoms with van der Waals surface area (Å²) < 4.78 is 11.0. The van der Waals surface area contributed by atoms with Crippen LogP contribution in [0.15, 0.2) is 22.9 Å². The smallest absolute Gasteiger partial charge is 0.258 e. The first kappa shape index (κ1) is 14.9. The van der Waals surface area contributed by atoms with Gasteiger partial charge in [-0.15, -0.1) is 0 Å². The second-order valence-electron chi connectivity index (χ2n) is 5.68. The minimum absolute atomic E-state index is 0.148. The molecule has 1 saturated heterocycles. The van der Waals surface area contributed by atoms with Crippen LogP contribution in [0, 0.1) is 6.92 Å². The van der Waals surface area contributed by atoms with Crippen LogP contribution in [-0.2, 0) is 4.74 Å². The first-order chi connectivity index (χ1) is 10.6. The molecule has 1 aliphatic heterocycles. The summed E-state index contributed by atoms with van der Waals surface area (Å²) in [6.45, 7) is 6.56. The van der Waals surface area contributed by atoms with Crippen molar-refractivity contribution in [1.82, 2.24) is 20.0 Å². The molecule has 22 heavy (non-hydrogen) atoms. The lowest BCUT2D eigenvalue weighted by molar-refractivity contribution is -0.0259. The molecule has 0 radical (unpaired) electrons. The predicted octanol–water partition coefficient (Wildman–Crippen LogP) is 1.57. The SMILES string of the molecule is Cc1noc(-c2ccnc(NC(C)C3CN(C)CCO3)c2)n1. The number of hydrogen-bond acceptors (Lipinski definition) is 7. The molecule has 1 aliphatic rings. The van der Waals surface area contributed by atoms with E-state index in [-0.39, 0.29) is 12.1 Å². The van der Waals surface area contributed by atoms with Crippen molar-refractivity contribution in [2.75, 3.05) is 32.1 Å². The molecule has 7 nitrogen and oxygen atoms in total. The van der Waals surface area contributed by atoms with E-state index < -0.39 is 0 Å². The Hall–Kier alpha value is -1.99. The largest absolute Gasteiger partial charge is 0.373 e. The minimum atomic E-state index is 0.148. The molecule has 2 aromatic heterocycles. The van der Waals surface area contributed by atoms with Crippen LogP contribution in [0.5, 0.6) is 0 Å². The Morgan fingerprint density at radius 2 is 2.32 bits per heavy atom. The molecule has 3 heterocycles. The number of hydrogen-bond donors (Lipinski definition) is 1. The molecular weight excluding hydrogens is 282 g/mol. The first-order valence-corrected chi connectivity index (χ1v) is 7.45. The minimum Gasteiger partial charge on any atom is -0.373 e. The van der Waals surface area contributed by atoms with Crippen LogP contribution in [0.25, 0.3) is 11.5 Å². The molecule has 0 aromatic carbocycles. The molecule has 2 unspecified atom stereocenters. The Morgan fingerprint density at radius 3 is 3.05 bits per heavy atom. The summed E-state index contributed by atoms with van der Waals surface area (Å²) in [6.07, 6.45) is 1.88. The van der Waals surface area contributed by atoms with Gasteiger partial charge in [0.05, 0.1) is 18.8 Å². The van der Waals surface area contributed by atoms with Gasteiger partial charge >= 0.3 is 0 Å². The molecule has 2 aromatic rings. The molecule has 1 fully saturated rings. The zero-order valence-corrected chi connectivity index (χ0v) is 13.1. The number of aryl methyl sites for hydroxylation is 1. The van der Waals surface area contributed by atoms with Crippen molar-refractivity contribution in [1.29, 1.82) is 0 Å². The molecule has 0 aliphatic carbocycles. The van der Waals surface area contributed by atoms with E-state index in [1.807, 2.05) is 12.1 Å². The van der Waals surface area contributed by atoms with Gasteiger partial charge in [0.2, 0.25) is 0 Å². The van der Waals surface area contributed by atoms with Crippen molar-refractivity contribution >= 4 is 5.82 Å². The van der Waals surface area contributed by atoms with Gasteiger partial charge in [0.1, 0.15) is 5.82 Å². The van der Waals surface area contributed by atoms with E-state index in [2.05, 4.69) is 39.3 Å². The van der Waals surface area contributed by atoms with Crippen LogP contribution in [0.4, 0.5) is 5.82 Å². The van der Waals surface area contributed by atoms with Gasteiger partial charge < -0.3 is 19.5 Å². The summed E-state index contributed by atoms with van der Waals surface area (Å²) in [5.41, 5.74) is 0.854. The van der Waals surface area contributed by atoms with E-state index in [0.717, 1.165) is 31.1 Å². The third kappa shape index (κ3) is 3.42. The first-order valence-electron chi connectivity index (χ1n) is 7.45. The van der Waals surface area contributed by atoms with E-state index in [1.54, 1.807) is 13.1 Å². The van der Waals surface area contributed by atoms with Crippen LogP contribution >= 0.6 is 0 Å². The normalized spacial score (nSPS) is 20.8. The average Bonchev–Trinajstić information content (AvgIpc) is 2.94. The number of rotatable bonds is 4. The van der Waals surface area contributed by atoms with Gasteiger partial charge in [-0.3, -0.25) is 0 Å². The fourth-order valence-corrected chi connectivity index (χ4v) is 2.50. The van der Waals surface area contributed by atoms with Crippen molar-refractivity contribution in [3.63, 3.8) is 0 Å². The lowest BCUT2D eigenvalue weighted by Gasteiger charge is -2.34. The summed E-state index contributed by atoms with van der Waals surface area (Å²) in [7, 11) is 2.11. The highest BCUT2D eigenvalue weighted by Crippen LogP contribution is 2.20. The molecule has 0 amide bonds. The van der Waals surface area contributed by atoms with Crippen LogP contribution in [0.1, 0.15) is 12.7 Å². The van der Waals surface area contributed by atoms with Gasteiger partial charge in [0.15, 0.2) is 5.82 Å². The van der Waals surface area contributed by atoms with Crippen LogP contribution in [0.2, 0.25) is 0 Å². The number of morpholine rings is 1. The number of aromatic nitrogens is 3. The van der Waals surface area contributed by atoms with Gasteiger partial charge in [-0.25, -0.2) is 4.98 Å². The van der Waals surface area contributed by atoms with Crippen LogP contribution < -0.4 is 5.32 Å². The fraction of sp³-hybridized carbons (Fsp3) is 0.533. The van der Waals surface area contributed by atoms with Crippen LogP contribution in [0.3, 0.4) is 0 Å². The Labute approximate surface area is 129 Å². The molecule has 0 spiro atoms. The van der Waals surface area contributed by atoms with E-state index >= 15 is 0 Å². The Kier molecular flexibility index (Phi) is 4.35. The standard InChI is InChI=1S/C15H21N5O2/c1-10(13-9-20(3)6-7-21-13)17-14-8-12(4-5-16-14)15-18-11(2)19-22-15/h4-5,8,10,13H,6-7,9H2,1-3H3,(H,16,17). The maximum absolute atomic E-state index is 5.83. The zero-order valence-electron chi connectivity index (χ0n) is 13.1. The maximum atomic E-state index is 5.83. The Balaban J connectivity index is 1.70. The lowest BCUT2D eigenvalue weighted by atomic mass is 10.1. The van der Waals surface area contributed by atoms with Gasteiger partial charge in [-0.2, -0.15) is 4.98 Å². The number of likely N-dealkylation sites (N-methyl/N-ethyl adjacent to an activating group) is 1. The predicted molar refractivity (Wildman–Crippen MR) is 82.6 cm³/mol. The van der Waals surface area contributed by atoms with E-state index in [1.165, 1.54) is 0 Å². The highest BCUT2D eigenvalue weighted by Gasteiger charge is 2.23. The van der Waals surface area contributed by atoms with Gasteiger partial charge in [-0.05, 0) is 33.0 Å². The van der Waals surface area contributed by atoms with Crippen LogP contribution in [-0.4, -0.2) is 58.9 Å². The van der Waals surface area contributed by atoms with Crippen molar-refractivity contribution in [3.8, 4) is 11.5 Å². The number of anilines is 1. The summed E-state index contributed by atoms with van der Waals surface area (Å²) in [6, 6.07) is 3.93. The zero-order chi connectivity index (χ0) is 15.5. The summed E-state index contributed by atoms with van der Waals surface area (Å²) in [5, 5.41) is 7.21. The molecule has 2 atom stereocenters. The van der Waals surface area contributed by atoms with Gasteiger partial charge in [-0.1, -0.05) is 5.16 Å². The fourth-order valence-electron chi connectivity index (χ4n) is 2.50. The summed E-state index contributed by atoms with van der Waals surface area (Å²) >= 11 is 0. The van der Waals surface area contributed by atoms with Crippen molar-refractivity contribution in [2.45, 2.75) is 26.0 Å². The molecule has 1 N–H and O–H groups in total. The summed E-state index contributed by atoms with van der Waals surface area (Å²) in [5.74, 6) is 1.90. The topological polar surface area (TPSA) is 76.3 Å². The van der Waals surface area contributed by atoms with E-state index in [9.17, 15) is 0 Å². The average molecular weight is 303 g/mol. The quantitative estimate of drug-likeness (QED) is 0.918. The molecule has 3 rings (SSSR count). The molecule has 7 heteroatoms. The monoisotopic (exact) mass is 303 g/mol. The van der Waals surface area contributed by atoms with Gasteiger partial charge in [0.25, 0.3) is 5.89 Å². The van der Waals surface area contributed by atoms with E-state index in [0.29, 0.717) is 11.7 Å². The highest BCUT2D eigenvalue weighted by atomic mass is 16.5. The molecule has 0 saturated carbocycles. The Bertz CT molecular complexity index is 630. The third-order valence-electron chi connectivity index (χ3n) is 3.76. The molecular formula is C15H21N5O2. The van der Waals surface area contributed by atoms with Crippen molar-refractivity contribution < 1.29 is 9.26 Å². The van der Waals surface area contributed by atoms with Gasteiger partial charge in [0, 0.05) is 24.8 Å². The van der Waals surface area contributed by atoms with Crippen molar-refractivity contribution in [3.05, 3.63) is 24.2 Å². The Morgan fingerprint density at radius 1 is 1.45 bits per heavy atom. The maximum Gasteiger partial charge on any atom is 0.258 e. The number of nitrogens with one attached hydrogen (secondary N) is 1.